The molecule has 2 N–H and O–H groups in total. The summed E-state index contributed by atoms with van der Waals surface area (Å²) in [5, 5.41) is 35.9. The summed E-state index contributed by atoms with van der Waals surface area (Å²) in [6.45, 7) is 6.07. The van der Waals surface area contributed by atoms with Gasteiger partial charge in [-0.15, -0.1) is 9.92 Å². The summed E-state index contributed by atoms with van der Waals surface area (Å²) in [5.74, 6) is -1.02. The molecular weight excluding hydrogens is 438 g/mol. The van der Waals surface area contributed by atoms with Gasteiger partial charge < -0.3 is 19.9 Å². The number of nitroso groups, excluding NO2 is 1. The summed E-state index contributed by atoms with van der Waals surface area (Å²) in [7, 11) is 1.27. The van der Waals surface area contributed by atoms with Crippen molar-refractivity contribution >= 4 is 11.9 Å². The molecule has 0 aromatic carbocycles. The second-order valence-electron chi connectivity index (χ2n) is 7.17. The van der Waals surface area contributed by atoms with Gasteiger partial charge in [0.25, 0.3) is 0 Å². The molecule has 1 unspecified atom stereocenters. The first-order valence-corrected chi connectivity index (χ1v) is 8.84. The number of methoxy groups -OCH3 is 1. The molecule has 0 saturated heterocycles. The molecule has 0 saturated carbocycles. The number of carbonyl (C=O) groups is 2. The molecule has 0 heterocycles. The third-order valence-corrected chi connectivity index (χ3v) is 4.44. The second-order valence-corrected chi connectivity index (χ2v) is 7.17. The minimum absolute atomic E-state index is 0. The van der Waals surface area contributed by atoms with E-state index in [0.29, 0.717) is 6.42 Å². The van der Waals surface area contributed by atoms with Gasteiger partial charge >= 0.3 is 71.1 Å². The van der Waals surface area contributed by atoms with Gasteiger partial charge in [-0.3, -0.25) is 14.8 Å². The zero-order chi connectivity index (χ0) is 22.7. The van der Waals surface area contributed by atoms with Gasteiger partial charge in [-0.1, -0.05) is 12.2 Å². The minimum Gasteiger partial charge on any atom is -0.737 e. The molecule has 0 aliphatic rings. The van der Waals surface area contributed by atoms with Gasteiger partial charge in [0.15, 0.2) is 0 Å². The van der Waals surface area contributed by atoms with Gasteiger partial charge in [0.1, 0.15) is 13.2 Å². The van der Waals surface area contributed by atoms with Gasteiger partial charge in [-0.05, 0) is 38.9 Å². The molecule has 0 amide bonds. The molecule has 1 atom stereocenters. The molecule has 0 aromatic rings. The SMILES string of the molecule is CCC(C)(CC(C)(C)C(=O)OC)C(=O)OCCN(CCNN(O)N=O)/[N+]([O-])=N/[O-].[Na+].[Na+]. The van der Waals surface area contributed by atoms with Crippen molar-refractivity contribution in [2.75, 3.05) is 33.4 Å². The van der Waals surface area contributed by atoms with E-state index in [1.807, 2.05) is 0 Å². The Labute approximate surface area is 225 Å². The fourth-order valence-corrected chi connectivity index (χ4v) is 2.73. The zero-order valence-electron chi connectivity index (χ0n) is 19.3. The molecule has 0 aromatic heterocycles. The Bertz CT molecular complexity index is 598. The normalized spacial score (nSPS) is 13.0. The molecule has 0 radical (unpaired) electrons. The number of nitrogens with one attached hydrogen (secondary N) is 1. The molecule has 0 aliphatic carbocycles. The summed E-state index contributed by atoms with van der Waals surface area (Å²) >= 11 is 0. The first-order valence-electron chi connectivity index (χ1n) is 8.84. The van der Waals surface area contributed by atoms with Crippen LogP contribution < -0.4 is 64.5 Å². The van der Waals surface area contributed by atoms with Crippen LogP contribution in [0.25, 0.3) is 0 Å². The Balaban J connectivity index is -0.00000392. The van der Waals surface area contributed by atoms with Crippen LogP contribution in [0, 0.1) is 26.2 Å². The van der Waals surface area contributed by atoms with Crippen LogP contribution in [0.2, 0.25) is 0 Å². The number of nitrogens with zero attached hydrogens (tertiary/aromatic N) is 5. The third-order valence-electron chi connectivity index (χ3n) is 4.44. The van der Waals surface area contributed by atoms with Crippen LogP contribution in [-0.4, -0.2) is 65.8 Å². The molecule has 0 spiro atoms. The van der Waals surface area contributed by atoms with E-state index in [2.05, 4.69) is 16.0 Å². The number of rotatable bonds is 14. The van der Waals surface area contributed by atoms with Crippen LogP contribution in [-0.2, 0) is 19.1 Å². The van der Waals surface area contributed by atoms with Gasteiger partial charge in [-0.25, -0.2) is 0 Å². The fourth-order valence-electron chi connectivity index (χ4n) is 2.73. The zero-order valence-corrected chi connectivity index (χ0v) is 23.3. The molecular formula is C15H29N6Na2O8+. The molecule has 31 heavy (non-hydrogen) atoms. The van der Waals surface area contributed by atoms with E-state index in [-0.39, 0.29) is 102 Å². The predicted molar refractivity (Wildman–Crippen MR) is 98.2 cm³/mol. The van der Waals surface area contributed by atoms with Crippen molar-refractivity contribution < 1.29 is 88.4 Å². The largest absolute Gasteiger partial charge is 1.00 e. The van der Waals surface area contributed by atoms with Crippen molar-refractivity contribution in [2.45, 2.75) is 40.5 Å². The van der Waals surface area contributed by atoms with Crippen molar-refractivity contribution in [1.29, 1.82) is 0 Å². The molecule has 0 rings (SSSR count). The molecule has 0 fully saturated rings. The maximum Gasteiger partial charge on any atom is 1.00 e. The quantitative estimate of drug-likeness (QED) is 0.0624. The van der Waals surface area contributed by atoms with Gasteiger partial charge in [0.05, 0.1) is 29.8 Å². The van der Waals surface area contributed by atoms with E-state index in [0.717, 1.165) is 5.01 Å². The van der Waals surface area contributed by atoms with Crippen molar-refractivity contribution in [3.05, 3.63) is 15.3 Å². The molecule has 14 nitrogen and oxygen atoms in total. The topological polar surface area (TPSA) is 182 Å². The van der Waals surface area contributed by atoms with Crippen molar-refractivity contribution in [3.63, 3.8) is 0 Å². The average Bonchev–Trinajstić information content (AvgIpc) is 2.70. The average molecular weight is 467 g/mol. The van der Waals surface area contributed by atoms with E-state index in [4.69, 9.17) is 14.7 Å². The van der Waals surface area contributed by atoms with Gasteiger partial charge in [0, 0.05) is 11.5 Å². The number of hydrogen-bond acceptors (Lipinski definition) is 11. The number of ether oxygens (including phenoxy) is 2. The number of carbonyl (C=O) groups excluding carboxylic acids is 2. The Morgan fingerprint density at radius 3 is 2.23 bits per heavy atom. The second kappa shape index (κ2) is 16.8. The first kappa shape index (κ1) is 34.9. The predicted octanol–water partition coefficient (Wildman–Crippen LogP) is -4.90. The molecule has 0 aliphatic heterocycles. The first-order chi connectivity index (χ1) is 13.5. The summed E-state index contributed by atoms with van der Waals surface area (Å²) in [6, 6.07) is 0. The van der Waals surface area contributed by atoms with E-state index in [1.54, 1.807) is 27.7 Å². The smallest absolute Gasteiger partial charge is 0.737 e. The van der Waals surface area contributed by atoms with E-state index < -0.39 is 22.8 Å². The third kappa shape index (κ3) is 12.2. The van der Waals surface area contributed by atoms with Crippen LogP contribution >= 0.6 is 0 Å². The van der Waals surface area contributed by atoms with Crippen LogP contribution in [0.5, 0.6) is 0 Å². The Hall–Kier alpha value is -0.740. The summed E-state index contributed by atoms with van der Waals surface area (Å²) < 4.78 is 10.0. The van der Waals surface area contributed by atoms with Crippen LogP contribution in [0.15, 0.2) is 10.6 Å². The molecule has 168 valence electrons. The van der Waals surface area contributed by atoms with Crippen molar-refractivity contribution in [1.82, 2.24) is 15.7 Å². The Kier molecular flexibility index (Phi) is 18.9. The summed E-state index contributed by atoms with van der Waals surface area (Å²) in [6.07, 6.45) is 0.582. The maximum atomic E-state index is 12.6. The summed E-state index contributed by atoms with van der Waals surface area (Å²) in [5.41, 5.74) is 0.238. The van der Waals surface area contributed by atoms with Gasteiger partial charge in [0.2, 0.25) is 0 Å². The standard InChI is InChI=1S/C15H30N6O8.2Na/c1-6-15(4,11-14(2,3)12(22)28-5)13(23)29-10-9-19(21(27)18-25)8-7-16-20(26)17-24;;/h16,25-26H,6-11H2,1-5H3;;/q;2*+1/p-1/b21-18-;;. The van der Waals surface area contributed by atoms with Crippen LogP contribution in [0.4, 0.5) is 0 Å². The van der Waals surface area contributed by atoms with Crippen LogP contribution in [0.1, 0.15) is 40.5 Å². The van der Waals surface area contributed by atoms with E-state index in [1.165, 1.54) is 7.11 Å². The monoisotopic (exact) mass is 467 g/mol. The molecule has 16 heteroatoms. The van der Waals surface area contributed by atoms with Crippen LogP contribution in [0.3, 0.4) is 0 Å². The van der Waals surface area contributed by atoms with E-state index in [9.17, 15) is 24.9 Å². The number of hydrogen-bond donors (Lipinski definition) is 2. The van der Waals surface area contributed by atoms with Crippen molar-refractivity contribution in [3.8, 4) is 0 Å². The number of hydrazine groups is 2. The van der Waals surface area contributed by atoms with Gasteiger partial charge in [-0.2, -0.15) is 5.43 Å². The number of esters is 2. The van der Waals surface area contributed by atoms with Crippen molar-refractivity contribution in [2.24, 2.45) is 21.4 Å². The molecule has 0 bridgehead atoms. The fraction of sp³-hybridized carbons (Fsp3) is 0.867. The van der Waals surface area contributed by atoms with E-state index >= 15 is 0 Å². The Morgan fingerprint density at radius 1 is 1.19 bits per heavy atom. The summed E-state index contributed by atoms with van der Waals surface area (Å²) in [4.78, 5) is 34.3. The Morgan fingerprint density at radius 2 is 1.77 bits per heavy atom. The minimum atomic E-state index is -0.975. The maximum absolute atomic E-state index is 12.6.